The minimum atomic E-state index is 0.364. The molecule has 0 aliphatic carbocycles. The van der Waals surface area contributed by atoms with Gasteiger partial charge in [0.25, 0.3) is 0 Å². The second-order valence-corrected chi connectivity index (χ2v) is 3.64. The summed E-state index contributed by atoms with van der Waals surface area (Å²) < 4.78 is 5.76. The highest BCUT2D eigenvalue weighted by atomic mass is 79.9. The fourth-order valence-electron chi connectivity index (χ4n) is 0.863. The van der Waals surface area contributed by atoms with Crippen molar-refractivity contribution in [3.8, 4) is 5.88 Å². The largest absolute Gasteiger partial charge is 0.479 e. The van der Waals surface area contributed by atoms with Crippen molar-refractivity contribution in [2.45, 2.75) is 0 Å². The number of anilines is 2. The molecule has 14 heavy (non-hydrogen) atoms. The van der Waals surface area contributed by atoms with E-state index >= 15 is 0 Å². The maximum atomic E-state index is 5.72. The Morgan fingerprint density at radius 2 is 2.43 bits per heavy atom. The standard InChI is InChI=1S/C8H11BrN4O/c1-5(9)3-11-7-6(10)8(14-2)13-4-12-7/h4H,1,3,10H2,2H3,(H,11,12,13). The Hall–Kier alpha value is -1.30. The third-order valence-corrected chi connectivity index (χ3v) is 1.77. The highest BCUT2D eigenvalue weighted by molar-refractivity contribution is 9.11. The van der Waals surface area contributed by atoms with Crippen molar-refractivity contribution in [2.75, 3.05) is 24.7 Å². The predicted molar refractivity (Wildman–Crippen MR) is 59.6 cm³/mol. The summed E-state index contributed by atoms with van der Waals surface area (Å²) in [4.78, 5) is 7.82. The first-order chi connectivity index (χ1) is 6.65. The number of methoxy groups -OCH3 is 1. The Morgan fingerprint density at radius 1 is 1.71 bits per heavy atom. The minimum absolute atomic E-state index is 0.364. The number of nitrogens with one attached hydrogen (secondary N) is 1. The predicted octanol–water partition coefficient (Wildman–Crippen LogP) is 1.39. The molecule has 0 spiro atoms. The van der Waals surface area contributed by atoms with Crippen LogP contribution in [-0.4, -0.2) is 23.6 Å². The molecule has 0 atom stereocenters. The van der Waals surface area contributed by atoms with Gasteiger partial charge in [0.15, 0.2) is 5.82 Å². The molecular formula is C8H11BrN4O. The fraction of sp³-hybridized carbons (Fsp3) is 0.250. The van der Waals surface area contributed by atoms with Gasteiger partial charge in [-0.2, -0.15) is 4.98 Å². The van der Waals surface area contributed by atoms with Gasteiger partial charge in [0.1, 0.15) is 12.0 Å². The van der Waals surface area contributed by atoms with Crippen LogP contribution in [0.2, 0.25) is 0 Å². The summed E-state index contributed by atoms with van der Waals surface area (Å²) >= 11 is 3.22. The molecule has 0 bridgehead atoms. The van der Waals surface area contributed by atoms with Crippen LogP contribution in [-0.2, 0) is 0 Å². The molecule has 0 saturated heterocycles. The summed E-state index contributed by atoms with van der Waals surface area (Å²) in [6.45, 7) is 4.23. The molecule has 6 heteroatoms. The lowest BCUT2D eigenvalue weighted by Gasteiger charge is -2.08. The molecule has 1 rings (SSSR count). The van der Waals surface area contributed by atoms with Crippen molar-refractivity contribution in [1.82, 2.24) is 9.97 Å². The van der Waals surface area contributed by atoms with E-state index in [1.54, 1.807) is 0 Å². The first-order valence-corrected chi connectivity index (χ1v) is 4.66. The van der Waals surface area contributed by atoms with E-state index in [1.165, 1.54) is 13.4 Å². The van der Waals surface area contributed by atoms with E-state index in [0.717, 1.165) is 4.48 Å². The van der Waals surface area contributed by atoms with Gasteiger partial charge < -0.3 is 15.8 Å². The average molecular weight is 259 g/mol. The van der Waals surface area contributed by atoms with Crippen molar-refractivity contribution in [3.05, 3.63) is 17.4 Å². The molecule has 1 heterocycles. The van der Waals surface area contributed by atoms with E-state index in [-0.39, 0.29) is 0 Å². The van der Waals surface area contributed by atoms with Gasteiger partial charge in [-0.25, -0.2) is 4.98 Å². The zero-order chi connectivity index (χ0) is 10.6. The van der Waals surface area contributed by atoms with Crippen molar-refractivity contribution in [2.24, 2.45) is 0 Å². The molecule has 0 saturated carbocycles. The van der Waals surface area contributed by atoms with E-state index in [9.17, 15) is 0 Å². The van der Waals surface area contributed by atoms with Gasteiger partial charge in [0.2, 0.25) is 5.88 Å². The number of halogens is 1. The lowest BCUT2D eigenvalue weighted by atomic mass is 10.4. The summed E-state index contributed by atoms with van der Waals surface area (Å²) in [7, 11) is 1.51. The Labute approximate surface area is 90.5 Å². The Bertz CT molecular complexity index is 342. The molecular weight excluding hydrogens is 248 g/mol. The number of nitrogens with zero attached hydrogens (tertiary/aromatic N) is 2. The average Bonchev–Trinajstić information content (AvgIpc) is 2.16. The van der Waals surface area contributed by atoms with Crippen molar-refractivity contribution in [3.63, 3.8) is 0 Å². The number of nitrogens with two attached hydrogens (primary N) is 1. The molecule has 0 amide bonds. The second kappa shape index (κ2) is 4.80. The molecule has 1 aromatic heterocycles. The van der Waals surface area contributed by atoms with Crippen LogP contribution in [0.1, 0.15) is 0 Å². The molecule has 0 fully saturated rings. The molecule has 0 aromatic carbocycles. The summed E-state index contributed by atoms with van der Waals surface area (Å²) in [6.07, 6.45) is 1.38. The minimum Gasteiger partial charge on any atom is -0.479 e. The fourth-order valence-corrected chi connectivity index (χ4v) is 1.00. The Balaban J connectivity index is 2.81. The molecule has 1 aromatic rings. The number of rotatable bonds is 4. The van der Waals surface area contributed by atoms with E-state index in [1.807, 2.05) is 0 Å². The lowest BCUT2D eigenvalue weighted by Crippen LogP contribution is -2.07. The number of ether oxygens (including phenoxy) is 1. The Kier molecular flexibility index (Phi) is 3.70. The highest BCUT2D eigenvalue weighted by Crippen LogP contribution is 2.24. The van der Waals surface area contributed by atoms with Crippen LogP contribution < -0.4 is 15.8 Å². The van der Waals surface area contributed by atoms with Crippen molar-refractivity contribution in [1.29, 1.82) is 0 Å². The van der Waals surface area contributed by atoms with Crippen LogP contribution in [0.25, 0.3) is 0 Å². The van der Waals surface area contributed by atoms with Crippen molar-refractivity contribution < 1.29 is 4.74 Å². The first-order valence-electron chi connectivity index (χ1n) is 3.86. The highest BCUT2D eigenvalue weighted by Gasteiger charge is 2.06. The molecule has 0 aliphatic heterocycles. The zero-order valence-corrected chi connectivity index (χ0v) is 9.34. The van der Waals surface area contributed by atoms with Gasteiger partial charge in [0, 0.05) is 11.0 Å². The molecule has 3 N–H and O–H groups in total. The van der Waals surface area contributed by atoms with E-state index in [2.05, 4.69) is 37.8 Å². The van der Waals surface area contributed by atoms with E-state index in [4.69, 9.17) is 10.5 Å². The lowest BCUT2D eigenvalue weighted by molar-refractivity contribution is 0.399. The SMILES string of the molecule is C=C(Br)CNc1ncnc(OC)c1N. The Morgan fingerprint density at radius 3 is 3.00 bits per heavy atom. The maximum Gasteiger partial charge on any atom is 0.242 e. The maximum absolute atomic E-state index is 5.72. The van der Waals surface area contributed by atoms with Crippen LogP contribution in [0.15, 0.2) is 17.4 Å². The van der Waals surface area contributed by atoms with Gasteiger partial charge in [0.05, 0.1) is 7.11 Å². The number of hydrogen-bond donors (Lipinski definition) is 2. The van der Waals surface area contributed by atoms with E-state index < -0.39 is 0 Å². The van der Waals surface area contributed by atoms with Crippen molar-refractivity contribution >= 4 is 27.4 Å². The molecule has 0 unspecified atom stereocenters. The third-order valence-electron chi connectivity index (χ3n) is 1.49. The summed E-state index contributed by atoms with van der Waals surface area (Å²) in [5.41, 5.74) is 6.11. The molecule has 5 nitrogen and oxygen atoms in total. The number of hydrogen-bond acceptors (Lipinski definition) is 5. The smallest absolute Gasteiger partial charge is 0.242 e. The van der Waals surface area contributed by atoms with Gasteiger partial charge in [-0.3, -0.25) is 0 Å². The van der Waals surface area contributed by atoms with Crippen LogP contribution >= 0.6 is 15.9 Å². The molecule has 76 valence electrons. The van der Waals surface area contributed by atoms with Gasteiger partial charge in [-0.1, -0.05) is 22.5 Å². The van der Waals surface area contributed by atoms with Crippen LogP contribution in [0.3, 0.4) is 0 Å². The molecule has 0 radical (unpaired) electrons. The number of aromatic nitrogens is 2. The van der Waals surface area contributed by atoms with Gasteiger partial charge in [-0.05, 0) is 0 Å². The normalized spacial score (nSPS) is 9.57. The first kappa shape index (κ1) is 10.8. The summed E-state index contributed by atoms with van der Waals surface area (Å²) in [6, 6.07) is 0. The van der Waals surface area contributed by atoms with Gasteiger partial charge in [-0.15, -0.1) is 0 Å². The van der Waals surface area contributed by atoms with Gasteiger partial charge >= 0.3 is 0 Å². The topological polar surface area (TPSA) is 73.1 Å². The monoisotopic (exact) mass is 258 g/mol. The third kappa shape index (κ3) is 2.59. The summed E-state index contributed by atoms with van der Waals surface area (Å²) in [5, 5.41) is 2.98. The number of nitrogen functional groups attached to an aromatic ring is 1. The van der Waals surface area contributed by atoms with Crippen LogP contribution in [0, 0.1) is 0 Å². The quantitative estimate of drug-likeness (QED) is 0.854. The zero-order valence-electron chi connectivity index (χ0n) is 7.75. The van der Waals surface area contributed by atoms with E-state index in [0.29, 0.717) is 23.9 Å². The van der Waals surface area contributed by atoms with Crippen LogP contribution in [0.4, 0.5) is 11.5 Å². The summed E-state index contributed by atoms with van der Waals surface area (Å²) in [5.74, 6) is 0.903. The second-order valence-electron chi connectivity index (χ2n) is 2.52. The van der Waals surface area contributed by atoms with Crippen LogP contribution in [0.5, 0.6) is 5.88 Å². The molecule has 0 aliphatic rings.